The Hall–Kier alpha value is -4.55. The summed E-state index contributed by atoms with van der Waals surface area (Å²) in [7, 11) is 0. The average Bonchev–Trinajstić information content (AvgIpc) is 3.22. The van der Waals surface area contributed by atoms with Gasteiger partial charge in [-0.15, -0.1) is 0 Å². The zero-order valence-electron chi connectivity index (χ0n) is 28.8. The Kier molecular flexibility index (Phi) is 10.5. The van der Waals surface area contributed by atoms with E-state index in [9.17, 15) is 4.79 Å². The lowest BCUT2D eigenvalue weighted by atomic mass is 9.97. The molecule has 0 aliphatic carbocycles. The number of esters is 1. The first-order valence-electron chi connectivity index (χ1n) is 17.3. The minimum atomic E-state index is -0.574. The second-order valence-corrected chi connectivity index (χ2v) is 13.9. The number of ether oxygens (including phenoxy) is 3. The molecular weight excluding hydrogens is 596 g/mol. The number of aromatic nitrogens is 1. The molecule has 1 aliphatic rings. The van der Waals surface area contributed by atoms with Crippen molar-refractivity contribution in [1.29, 1.82) is 0 Å². The highest BCUT2D eigenvalue weighted by atomic mass is 16.5. The molecule has 0 amide bonds. The van der Waals surface area contributed by atoms with Crippen molar-refractivity contribution < 1.29 is 19.0 Å². The Labute approximate surface area is 285 Å². The maximum Gasteiger partial charge on any atom is 0.316 e. The van der Waals surface area contributed by atoms with Crippen molar-refractivity contribution in [2.75, 3.05) is 26.2 Å². The van der Waals surface area contributed by atoms with E-state index >= 15 is 0 Å². The lowest BCUT2D eigenvalue weighted by Gasteiger charge is -2.19. The summed E-state index contributed by atoms with van der Waals surface area (Å²) in [4.78, 5) is 15.0. The molecule has 1 aromatic heterocycles. The lowest BCUT2D eigenvalue weighted by Crippen LogP contribution is -2.29. The van der Waals surface area contributed by atoms with Gasteiger partial charge in [0.1, 0.15) is 30.5 Å². The molecule has 5 aromatic rings. The van der Waals surface area contributed by atoms with Crippen molar-refractivity contribution >= 4 is 16.9 Å². The topological polar surface area (TPSA) is 52.9 Å². The summed E-state index contributed by atoms with van der Waals surface area (Å²) in [6.07, 6.45) is 5.28. The van der Waals surface area contributed by atoms with Crippen LogP contribution in [-0.4, -0.2) is 41.7 Å². The molecule has 250 valence electrons. The van der Waals surface area contributed by atoms with E-state index < -0.39 is 5.41 Å². The summed E-state index contributed by atoms with van der Waals surface area (Å²) in [5.41, 5.74) is 6.23. The molecule has 6 heteroatoms. The van der Waals surface area contributed by atoms with Gasteiger partial charge in [-0.3, -0.25) is 9.69 Å². The van der Waals surface area contributed by atoms with Gasteiger partial charge in [0.05, 0.1) is 11.1 Å². The van der Waals surface area contributed by atoms with Gasteiger partial charge >= 0.3 is 5.97 Å². The highest BCUT2D eigenvalue weighted by Crippen LogP contribution is 2.37. The minimum Gasteiger partial charge on any atom is -0.492 e. The van der Waals surface area contributed by atoms with E-state index in [0.717, 1.165) is 45.8 Å². The first-order chi connectivity index (χ1) is 23.2. The molecule has 1 fully saturated rings. The third-order valence-electron chi connectivity index (χ3n) is 9.13. The second-order valence-electron chi connectivity index (χ2n) is 13.9. The quantitative estimate of drug-likeness (QED) is 0.106. The molecule has 1 saturated heterocycles. The van der Waals surface area contributed by atoms with Crippen LogP contribution in [0.25, 0.3) is 22.2 Å². The smallest absolute Gasteiger partial charge is 0.316 e. The van der Waals surface area contributed by atoms with Crippen LogP contribution in [0.2, 0.25) is 0 Å². The largest absolute Gasteiger partial charge is 0.492 e. The first-order valence-corrected chi connectivity index (χ1v) is 17.3. The van der Waals surface area contributed by atoms with Gasteiger partial charge in [0.2, 0.25) is 0 Å². The van der Waals surface area contributed by atoms with Crippen LogP contribution in [0.5, 0.6) is 17.2 Å². The summed E-state index contributed by atoms with van der Waals surface area (Å²) in [6.45, 7) is 13.0. The third-order valence-corrected chi connectivity index (χ3v) is 9.13. The standard InChI is InChI=1S/C42H48N2O4/c1-31-38-28-37(47-30-33-12-8-7-9-13-33)22-23-39(38)44(40(31)34-16-20-36(21-17-34)48-41(45)42(2,3)4)29-32-14-18-35(19-15-32)46-27-26-43-24-10-5-6-11-25-43/h7-9,12-23,28H,5-6,10-11,24-27,29-30H2,1-4H3. The van der Waals surface area contributed by atoms with E-state index in [1.807, 2.05) is 63.2 Å². The predicted octanol–water partition coefficient (Wildman–Crippen LogP) is 9.45. The summed E-state index contributed by atoms with van der Waals surface area (Å²) < 4.78 is 20.4. The van der Waals surface area contributed by atoms with Gasteiger partial charge in [-0.2, -0.15) is 0 Å². The normalized spacial score (nSPS) is 14.1. The molecule has 0 N–H and O–H groups in total. The maximum atomic E-state index is 12.5. The van der Waals surface area contributed by atoms with Crippen LogP contribution in [-0.2, 0) is 17.9 Å². The fourth-order valence-electron chi connectivity index (χ4n) is 6.34. The number of aryl methyl sites for hydroxylation is 1. The molecule has 0 unspecified atom stereocenters. The van der Waals surface area contributed by atoms with Gasteiger partial charge in [0.15, 0.2) is 0 Å². The number of carbonyl (C=O) groups excluding carboxylic acids is 1. The number of rotatable bonds is 11. The molecule has 1 aliphatic heterocycles. The van der Waals surface area contributed by atoms with Gasteiger partial charge in [-0.25, -0.2) is 0 Å². The summed E-state index contributed by atoms with van der Waals surface area (Å²) >= 11 is 0. The Balaban J connectivity index is 1.25. The van der Waals surface area contributed by atoms with Crippen molar-refractivity contribution in [2.24, 2.45) is 5.41 Å². The Bertz CT molecular complexity index is 1790. The van der Waals surface area contributed by atoms with Crippen molar-refractivity contribution in [3.05, 3.63) is 114 Å². The predicted molar refractivity (Wildman–Crippen MR) is 194 cm³/mol. The molecule has 0 saturated carbocycles. The molecular formula is C42H48N2O4. The number of fused-ring (bicyclic) bond motifs is 1. The number of hydrogen-bond acceptors (Lipinski definition) is 5. The molecule has 48 heavy (non-hydrogen) atoms. The number of nitrogens with zero attached hydrogens (tertiary/aromatic N) is 2. The van der Waals surface area contributed by atoms with E-state index in [2.05, 4.69) is 71.0 Å². The molecule has 2 heterocycles. The zero-order valence-corrected chi connectivity index (χ0v) is 28.8. The minimum absolute atomic E-state index is 0.252. The van der Waals surface area contributed by atoms with E-state index in [1.165, 1.54) is 49.9 Å². The Morgan fingerprint density at radius 3 is 2.08 bits per heavy atom. The van der Waals surface area contributed by atoms with E-state index in [-0.39, 0.29) is 5.97 Å². The molecule has 6 nitrogen and oxygen atoms in total. The van der Waals surface area contributed by atoms with E-state index in [0.29, 0.717) is 25.5 Å². The van der Waals surface area contributed by atoms with Crippen LogP contribution in [0.4, 0.5) is 0 Å². The van der Waals surface area contributed by atoms with Crippen molar-refractivity contribution in [3.63, 3.8) is 0 Å². The summed E-state index contributed by atoms with van der Waals surface area (Å²) in [5, 5.41) is 1.15. The SMILES string of the molecule is Cc1c(-c2ccc(OC(=O)C(C)(C)C)cc2)n(Cc2ccc(OCCN3CCCCCC3)cc2)c2ccc(OCc3ccccc3)cc12. The summed E-state index contributed by atoms with van der Waals surface area (Å²) in [6, 6.07) is 32.9. The fourth-order valence-corrected chi connectivity index (χ4v) is 6.34. The first kappa shape index (κ1) is 33.4. The third kappa shape index (κ3) is 8.29. The van der Waals surface area contributed by atoms with Gasteiger partial charge in [-0.05, 0) is 130 Å². The van der Waals surface area contributed by atoms with E-state index in [4.69, 9.17) is 14.2 Å². The summed E-state index contributed by atoms with van der Waals surface area (Å²) in [5.74, 6) is 2.03. The molecule has 0 bridgehead atoms. The van der Waals surface area contributed by atoms with Crippen molar-refractivity contribution in [2.45, 2.75) is 66.5 Å². The molecule has 4 aromatic carbocycles. The molecule has 0 radical (unpaired) electrons. The van der Waals surface area contributed by atoms with Gasteiger partial charge < -0.3 is 18.8 Å². The molecule has 6 rings (SSSR count). The fraction of sp³-hybridized carbons (Fsp3) is 0.357. The van der Waals surface area contributed by atoms with Crippen molar-refractivity contribution in [1.82, 2.24) is 9.47 Å². The van der Waals surface area contributed by atoms with E-state index in [1.54, 1.807) is 0 Å². The second kappa shape index (κ2) is 15.1. The number of benzene rings is 4. The Morgan fingerprint density at radius 2 is 1.40 bits per heavy atom. The van der Waals surface area contributed by atoms with Crippen LogP contribution < -0.4 is 14.2 Å². The van der Waals surface area contributed by atoms with Crippen LogP contribution in [0.15, 0.2) is 97.1 Å². The van der Waals surface area contributed by atoms with Crippen LogP contribution in [0, 0.1) is 12.3 Å². The molecule has 0 spiro atoms. The molecule has 0 atom stereocenters. The van der Waals surface area contributed by atoms with Gasteiger partial charge in [-0.1, -0.05) is 55.3 Å². The Morgan fingerprint density at radius 1 is 0.729 bits per heavy atom. The monoisotopic (exact) mass is 644 g/mol. The van der Waals surface area contributed by atoms with Crippen molar-refractivity contribution in [3.8, 4) is 28.5 Å². The van der Waals surface area contributed by atoms with Gasteiger partial charge in [0, 0.05) is 24.0 Å². The lowest BCUT2D eigenvalue weighted by molar-refractivity contribution is -0.143. The van der Waals surface area contributed by atoms with Crippen LogP contribution in [0.3, 0.4) is 0 Å². The highest BCUT2D eigenvalue weighted by Gasteiger charge is 2.24. The average molecular weight is 645 g/mol. The maximum absolute atomic E-state index is 12.5. The number of likely N-dealkylation sites (tertiary alicyclic amines) is 1. The van der Waals surface area contributed by atoms with Crippen LogP contribution in [0.1, 0.15) is 63.1 Å². The number of hydrogen-bond donors (Lipinski definition) is 0. The van der Waals surface area contributed by atoms with Crippen LogP contribution >= 0.6 is 0 Å². The highest BCUT2D eigenvalue weighted by molar-refractivity contribution is 5.92. The number of carbonyl (C=O) groups is 1. The zero-order chi connectivity index (χ0) is 33.5. The van der Waals surface area contributed by atoms with Gasteiger partial charge in [0.25, 0.3) is 0 Å².